The van der Waals surface area contributed by atoms with Gasteiger partial charge >= 0.3 is 0 Å². The van der Waals surface area contributed by atoms with Crippen molar-refractivity contribution in [2.24, 2.45) is 5.92 Å². The number of nitrogens with zero attached hydrogens (tertiary/aromatic N) is 1. The van der Waals surface area contributed by atoms with Gasteiger partial charge in [0.15, 0.2) is 9.84 Å². The second kappa shape index (κ2) is 5.54. The monoisotopic (exact) mass is 296 g/mol. The number of benzene rings is 1. The fourth-order valence-electron chi connectivity index (χ4n) is 2.82. The molecule has 1 aromatic carbocycles. The average molecular weight is 296 g/mol. The average Bonchev–Trinajstić information content (AvgIpc) is 2.79. The maximum Gasteiger partial charge on any atom is 0.178 e. The molecule has 0 saturated carbocycles. The molecule has 1 heterocycles. The zero-order valence-electron chi connectivity index (χ0n) is 11.7. The van der Waals surface area contributed by atoms with Crippen LogP contribution < -0.4 is 5.73 Å². The van der Waals surface area contributed by atoms with Crippen molar-refractivity contribution < 1.29 is 13.2 Å². The van der Waals surface area contributed by atoms with Crippen LogP contribution in [0.3, 0.4) is 0 Å². The summed E-state index contributed by atoms with van der Waals surface area (Å²) in [5.74, 6) is -0.154. The minimum absolute atomic E-state index is 0.0338. The van der Waals surface area contributed by atoms with E-state index in [0.29, 0.717) is 16.1 Å². The van der Waals surface area contributed by atoms with Crippen LogP contribution in [0.1, 0.15) is 24.9 Å². The number of anilines is 1. The van der Waals surface area contributed by atoms with Gasteiger partial charge in [0.2, 0.25) is 0 Å². The van der Waals surface area contributed by atoms with E-state index in [9.17, 15) is 13.2 Å². The molecule has 6 heteroatoms. The second-order valence-electron chi connectivity index (χ2n) is 5.21. The molecule has 0 unspecified atom stereocenters. The zero-order chi connectivity index (χ0) is 14.9. The Kier molecular flexibility index (Phi) is 4.15. The molecule has 0 amide bonds. The van der Waals surface area contributed by atoms with Crippen LogP contribution in [0.2, 0.25) is 0 Å². The smallest absolute Gasteiger partial charge is 0.178 e. The molecule has 1 aromatic rings. The van der Waals surface area contributed by atoms with E-state index in [1.807, 2.05) is 11.9 Å². The number of rotatable bonds is 4. The second-order valence-corrected chi connectivity index (χ2v) is 7.46. The molecular formula is C14H20N2O3S. The summed E-state index contributed by atoms with van der Waals surface area (Å²) in [6.07, 6.45) is 1.66. The predicted octanol–water partition coefficient (Wildman–Crippen LogP) is 1.25. The summed E-state index contributed by atoms with van der Waals surface area (Å²) in [4.78, 5) is 13.6. The zero-order valence-corrected chi connectivity index (χ0v) is 12.6. The number of sulfone groups is 1. The quantitative estimate of drug-likeness (QED) is 0.668. The molecule has 5 nitrogen and oxygen atoms in total. The van der Waals surface area contributed by atoms with E-state index < -0.39 is 9.84 Å². The van der Waals surface area contributed by atoms with Crippen molar-refractivity contribution in [2.45, 2.75) is 24.3 Å². The topological polar surface area (TPSA) is 80.5 Å². The Balaban J connectivity index is 2.60. The van der Waals surface area contributed by atoms with E-state index in [2.05, 4.69) is 0 Å². The van der Waals surface area contributed by atoms with Crippen LogP contribution in [-0.4, -0.2) is 38.9 Å². The lowest BCUT2D eigenvalue weighted by molar-refractivity contribution is -0.111. The molecule has 0 aliphatic carbocycles. The Bertz CT molecular complexity index is 613. The van der Waals surface area contributed by atoms with Crippen molar-refractivity contribution in [3.63, 3.8) is 0 Å². The van der Waals surface area contributed by atoms with Crippen LogP contribution in [0.25, 0.3) is 0 Å². The highest BCUT2D eigenvalue weighted by atomic mass is 32.2. The summed E-state index contributed by atoms with van der Waals surface area (Å²) in [6, 6.07) is 4.62. The maximum atomic E-state index is 12.2. The molecule has 2 atom stereocenters. The summed E-state index contributed by atoms with van der Waals surface area (Å²) in [7, 11) is -1.43. The minimum Gasteiger partial charge on any atom is -0.399 e. The van der Waals surface area contributed by atoms with Crippen LogP contribution in [0.5, 0.6) is 0 Å². The molecule has 1 fully saturated rings. The molecule has 0 spiro atoms. The summed E-state index contributed by atoms with van der Waals surface area (Å²) in [5.41, 5.74) is 6.97. The molecule has 0 radical (unpaired) electrons. The highest BCUT2D eigenvalue weighted by molar-refractivity contribution is 7.91. The van der Waals surface area contributed by atoms with Gasteiger partial charge in [-0.25, -0.2) is 8.42 Å². The van der Waals surface area contributed by atoms with Gasteiger partial charge in [-0.05, 0) is 43.8 Å². The minimum atomic E-state index is -3.34. The van der Waals surface area contributed by atoms with E-state index in [-0.39, 0.29) is 17.7 Å². The van der Waals surface area contributed by atoms with Crippen LogP contribution >= 0.6 is 0 Å². The number of aldehydes is 1. The number of hydrogen-bond acceptors (Lipinski definition) is 5. The predicted molar refractivity (Wildman–Crippen MR) is 78.1 cm³/mol. The standard InChI is InChI=1S/C14H20N2O3S/c1-3-20(18,19)13-5-4-11(15)8-12(13)14-10(9-17)6-7-16(14)2/h4-5,8-10,14H,3,6-7,15H2,1-2H3/t10-,14+/m1/s1. The van der Waals surface area contributed by atoms with Gasteiger partial charge in [-0.1, -0.05) is 6.92 Å². The van der Waals surface area contributed by atoms with Crippen LogP contribution in [-0.2, 0) is 14.6 Å². The number of nitrogen functional groups attached to an aromatic ring is 1. The van der Waals surface area contributed by atoms with E-state index in [0.717, 1.165) is 19.3 Å². The van der Waals surface area contributed by atoms with Gasteiger partial charge in [0, 0.05) is 17.6 Å². The molecule has 1 aliphatic heterocycles. The van der Waals surface area contributed by atoms with Crippen molar-refractivity contribution in [3.05, 3.63) is 23.8 Å². The molecular weight excluding hydrogens is 276 g/mol. The Morgan fingerprint density at radius 1 is 1.45 bits per heavy atom. The van der Waals surface area contributed by atoms with Crippen LogP contribution in [0.4, 0.5) is 5.69 Å². The summed E-state index contributed by atoms with van der Waals surface area (Å²) in [5, 5.41) is 0. The third kappa shape index (κ3) is 2.58. The Hall–Kier alpha value is -1.40. The normalized spacial score (nSPS) is 23.9. The van der Waals surface area contributed by atoms with Crippen molar-refractivity contribution in [1.82, 2.24) is 4.90 Å². The maximum absolute atomic E-state index is 12.2. The Morgan fingerprint density at radius 3 is 2.75 bits per heavy atom. The highest BCUT2D eigenvalue weighted by Crippen LogP contribution is 2.38. The number of carbonyl (C=O) groups excluding carboxylic acids is 1. The SMILES string of the molecule is CCS(=O)(=O)c1ccc(N)cc1[C@@H]1[C@@H](C=O)CCN1C. The fraction of sp³-hybridized carbons (Fsp3) is 0.500. The van der Waals surface area contributed by atoms with E-state index in [4.69, 9.17) is 5.73 Å². The van der Waals surface area contributed by atoms with Crippen molar-refractivity contribution in [3.8, 4) is 0 Å². The highest BCUT2D eigenvalue weighted by Gasteiger charge is 2.36. The summed E-state index contributed by atoms with van der Waals surface area (Å²) >= 11 is 0. The largest absolute Gasteiger partial charge is 0.399 e. The first-order valence-corrected chi connectivity index (χ1v) is 8.33. The number of likely N-dealkylation sites (tertiary alicyclic amines) is 1. The molecule has 110 valence electrons. The summed E-state index contributed by atoms with van der Waals surface area (Å²) < 4.78 is 24.5. The van der Waals surface area contributed by atoms with Crippen LogP contribution in [0.15, 0.2) is 23.1 Å². The van der Waals surface area contributed by atoms with Gasteiger partial charge < -0.3 is 10.5 Å². The van der Waals surface area contributed by atoms with Crippen molar-refractivity contribution >= 4 is 21.8 Å². The molecule has 2 rings (SSSR count). The lowest BCUT2D eigenvalue weighted by Crippen LogP contribution is -2.24. The molecule has 0 aromatic heterocycles. The fourth-order valence-corrected chi connectivity index (χ4v) is 3.95. The Labute approximate surface area is 119 Å². The molecule has 2 N–H and O–H groups in total. The van der Waals surface area contributed by atoms with Gasteiger partial charge in [0.25, 0.3) is 0 Å². The van der Waals surface area contributed by atoms with Crippen LogP contribution in [0, 0.1) is 5.92 Å². The number of nitrogens with two attached hydrogens (primary N) is 1. The molecule has 1 saturated heterocycles. The lowest BCUT2D eigenvalue weighted by Gasteiger charge is -2.25. The molecule has 0 bridgehead atoms. The van der Waals surface area contributed by atoms with Gasteiger partial charge in [-0.3, -0.25) is 4.90 Å². The van der Waals surface area contributed by atoms with E-state index in [1.165, 1.54) is 0 Å². The first-order valence-electron chi connectivity index (χ1n) is 6.68. The number of carbonyl (C=O) groups is 1. The van der Waals surface area contributed by atoms with Gasteiger partial charge in [-0.15, -0.1) is 0 Å². The molecule has 1 aliphatic rings. The summed E-state index contributed by atoms with van der Waals surface area (Å²) in [6.45, 7) is 2.39. The first kappa shape index (κ1) is 15.0. The molecule has 20 heavy (non-hydrogen) atoms. The number of hydrogen-bond donors (Lipinski definition) is 1. The lowest BCUT2D eigenvalue weighted by atomic mass is 9.94. The van der Waals surface area contributed by atoms with Gasteiger partial charge in [0.1, 0.15) is 6.29 Å². The van der Waals surface area contributed by atoms with Gasteiger partial charge in [0.05, 0.1) is 10.6 Å². The van der Waals surface area contributed by atoms with Crippen molar-refractivity contribution in [1.29, 1.82) is 0 Å². The first-order chi connectivity index (χ1) is 9.40. The van der Waals surface area contributed by atoms with Gasteiger partial charge in [-0.2, -0.15) is 0 Å². The third-order valence-corrected chi connectivity index (χ3v) is 5.74. The third-order valence-electron chi connectivity index (χ3n) is 3.94. The Morgan fingerprint density at radius 2 is 2.15 bits per heavy atom. The van der Waals surface area contributed by atoms with E-state index >= 15 is 0 Å². The van der Waals surface area contributed by atoms with Crippen molar-refractivity contribution in [2.75, 3.05) is 25.1 Å². The van der Waals surface area contributed by atoms with E-state index in [1.54, 1.807) is 25.1 Å².